The van der Waals surface area contributed by atoms with Crippen molar-refractivity contribution in [2.75, 3.05) is 46.2 Å². The van der Waals surface area contributed by atoms with Crippen molar-refractivity contribution < 1.29 is 47.9 Å². The lowest BCUT2D eigenvalue weighted by Crippen LogP contribution is -2.62. The molecule has 7 unspecified atom stereocenters. The number of amides is 3. The number of aliphatic hydroxyl groups excluding tert-OH is 1. The molecule has 0 spiro atoms. The second-order valence-corrected chi connectivity index (χ2v) is 15.5. The summed E-state index contributed by atoms with van der Waals surface area (Å²) >= 11 is 0. The minimum atomic E-state index is -0.881. The molecule has 7 atom stereocenters. The van der Waals surface area contributed by atoms with Gasteiger partial charge in [0.05, 0.1) is 19.3 Å². The molecule has 4 aliphatic rings. The first kappa shape index (κ1) is 40.1. The van der Waals surface area contributed by atoms with Gasteiger partial charge in [0.15, 0.2) is 0 Å². The molecule has 0 bridgehead atoms. The Hall–Kier alpha value is -5.67. The number of carbonyl (C=O) groups excluding carboxylic acids is 3. The summed E-state index contributed by atoms with van der Waals surface area (Å²) < 4.78 is 33.3. The van der Waals surface area contributed by atoms with Crippen molar-refractivity contribution in [2.45, 2.75) is 68.2 Å². The third-order valence-electron chi connectivity index (χ3n) is 10.6. The number of nitrogens with one attached hydrogen (secondary N) is 4. The SMILES string of the molecule is O=C1NC(Cc2ccc(OCC3CO3)cc2)CNC1Cc1ccc(OCC(O)COc2ccc(CC3NC(=O)C(Cc4ccc(OCC5CO5)cc4)NC3=O)cc2)cc1. The summed E-state index contributed by atoms with van der Waals surface area (Å²) in [5.41, 5.74) is 3.88. The van der Waals surface area contributed by atoms with Crippen LogP contribution in [0.3, 0.4) is 0 Å². The number of hydrogen-bond donors (Lipinski definition) is 5. The highest BCUT2D eigenvalue weighted by Crippen LogP contribution is 2.21. The minimum absolute atomic E-state index is 0.00179. The van der Waals surface area contributed by atoms with Crippen molar-refractivity contribution in [3.8, 4) is 23.0 Å². The third-order valence-corrected chi connectivity index (χ3v) is 10.6. The van der Waals surface area contributed by atoms with Gasteiger partial charge in [-0.1, -0.05) is 48.5 Å². The lowest BCUT2D eigenvalue weighted by Gasteiger charge is -2.30. The highest BCUT2D eigenvalue weighted by atomic mass is 16.6. The molecule has 5 N–H and O–H groups in total. The Balaban J connectivity index is 0.703. The van der Waals surface area contributed by atoms with E-state index in [-0.39, 0.29) is 55.2 Å². The van der Waals surface area contributed by atoms with E-state index in [1.807, 2.05) is 84.9 Å². The fourth-order valence-electron chi connectivity index (χ4n) is 7.00. The van der Waals surface area contributed by atoms with Crippen molar-refractivity contribution in [3.63, 3.8) is 0 Å². The summed E-state index contributed by atoms with van der Waals surface area (Å²) in [5, 5.41) is 22.8. The van der Waals surface area contributed by atoms with Gasteiger partial charge in [-0.3, -0.25) is 14.4 Å². The lowest BCUT2D eigenvalue weighted by atomic mass is 9.98. The van der Waals surface area contributed by atoms with Crippen LogP contribution in [-0.2, 0) is 49.5 Å². The molecular formula is C45H50N4O10. The van der Waals surface area contributed by atoms with Gasteiger partial charge in [-0.15, -0.1) is 0 Å². The Morgan fingerprint density at radius 2 is 0.864 bits per heavy atom. The van der Waals surface area contributed by atoms with Gasteiger partial charge in [-0.05, 0) is 83.6 Å². The maximum Gasteiger partial charge on any atom is 0.243 e. The van der Waals surface area contributed by atoms with E-state index in [4.69, 9.17) is 28.4 Å². The van der Waals surface area contributed by atoms with E-state index >= 15 is 0 Å². The number of rotatable bonds is 20. The Morgan fingerprint density at radius 3 is 1.25 bits per heavy atom. The monoisotopic (exact) mass is 806 g/mol. The number of hydrogen-bond acceptors (Lipinski definition) is 11. The van der Waals surface area contributed by atoms with Gasteiger partial charge >= 0.3 is 0 Å². The Kier molecular flexibility index (Phi) is 12.9. The molecule has 4 aromatic carbocycles. The molecule has 14 nitrogen and oxygen atoms in total. The van der Waals surface area contributed by atoms with Crippen LogP contribution in [0.5, 0.6) is 23.0 Å². The van der Waals surface area contributed by atoms with Crippen LogP contribution in [0, 0.1) is 0 Å². The summed E-state index contributed by atoms with van der Waals surface area (Å²) in [4.78, 5) is 38.7. The normalized spacial score (nSPS) is 23.9. The second kappa shape index (κ2) is 18.9. The topological polar surface area (TPSA) is 182 Å². The summed E-state index contributed by atoms with van der Waals surface area (Å²) in [5.74, 6) is 2.21. The largest absolute Gasteiger partial charge is 0.491 e. The molecule has 310 valence electrons. The fraction of sp³-hybridized carbons (Fsp3) is 0.400. The molecule has 0 radical (unpaired) electrons. The van der Waals surface area contributed by atoms with Crippen LogP contribution in [0.4, 0.5) is 0 Å². The maximum atomic E-state index is 12.9. The highest BCUT2D eigenvalue weighted by Gasteiger charge is 2.34. The van der Waals surface area contributed by atoms with E-state index in [2.05, 4.69) is 21.3 Å². The molecule has 0 saturated carbocycles. The predicted octanol–water partition coefficient (Wildman–Crippen LogP) is 2.07. The number of epoxide rings is 2. The number of benzene rings is 4. The van der Waals surface area contributed by atoms with Gasteiger partial charge in [0.25, 0.3) is 0 Å². The third kappa shape index (κ3) is 11.9. The van der Waals surface area contributed by atoms with Crippen LogP contribution in [0.1, 0.15) is 22.3 Å². The van der Waals surface area contributed by atoms with E-state index in [9.17, 15) is 19.5 Å². The summed E-state index contributed by atoms with van der Waals surface area (Å²) in [6.07, 6.45) is 1.47. The van der Waals surface area contributed by atoms with Gasteiger partial charge in [-0.2, -0.15) is 0 Å². The molecule has 59 heavy (non-hydrogen) atoms. The zero-order valence-electron chi connectivity index (χ0n) is 32.7. The van der Waals surface area contributed by atoms with Crippen molar-refractivity contribution in [2.24, 2.45) is 0 Å². The van der Waals surface area contributed by atoms with Crippen LogP contribution in [0.15, 0.2) is 97.1 Å². The van der Waals surface area contributed by atoms with Gasteiger partial charge in [-0.25, -0.2) is 0 Å². The quantitative estimate of drug-likeness (QED) is 0.0826. The maximum absolute atomic E-state index is 12.9. The van der Waals surface area contributed by atoms with Crippen molar-refractivity contribution in [3.05, 3.63) is 119 Å². The van der Waals surface area contributed by atoms with Crippen molar-refractivity contribution in [1.29, 1.82) is 0 Å². The molecule has 14 heteroatoms. The molecule has 4 aromatic rings. The predicted molar refractivity (Wildman–Crippen MR) is 216 cm³/mol. The highest BCUT2D eigenvalue weighted by molar-refractivity contribution is 5.97. The zero-order valence-corrected chi connectivity index (χ0v) is 32.7. The van der Waals surface area contributed by atoms with Gasteiger partial charge in [0.2, 0.25) is 17.7 Å². The molecule has 4 fully saturated rings. The molecule has 3 amide bonds. The van der Waals surface area contributed by atoms with Gasteiger partial charge < -0.3 is 54.8 Å². The van der Waals surface area contributed by atoms with E-state index in [0.29, 0.717) is 50.5 Å². The number of aliphatic hydroxyl groups is 1. The average molecular weight is 807 g/mol. The number of piperazine rings is 2. The van der Waals surface area contributed by atoms with Gasteiger partial charge in [0, 0.05) is 25.4 Å². The number of ether oxygens (including phenoxy) is 6. The van der Waals surface area contributed by atoms with Crippen LogP contribution < -0.4 is 40.2 Å². The Bertz CT molecular complexity index is 2020. The summed E-state index contributed by atoms with van der Waals surface area (Å²) in [7, 11) is 0. The molecule has 0 aliphatic carbocycles. The van der Waals surface area contributed by atoms with E-state index in [1.54, 1.807) is 12.1 Å². The average Bonchev–Trinajstić information content (AvgIpc) is 4.19. The molecule has 4 aliphatic heterocycles. The fourth-order valence-corrected chi connectivity index (χ4v) is 7.00. The molecule has 0 aromatic heterocycles. The van der Waals surface area contributed by atoms with Gasteiger partial charge in [0.1, 0.15) is 79.8 Å². The van der Waals surface area contributed by atoms with Crippen molar-refractivity contribution >= 4 is 17.7 Å². The molecular weight excluding hydrogens is 757 g/mol. The van der Waals surface area contributed by atoms with E-state index in [0.717, 1.165) is 53.4 Å². The Morgan fingerprint density at radius 1 is 0.508 bits per heavy atom. The molecule has 4 heterocycles. The molecule has 8 rings (SSSR count). The Labute approximate surface area is 342 Å². The van der Waals surface area contributed by atoms with E-state index in [1.165, 1.54) is 0 Å². The number of carbonyl (C=O) groups is 3. The van der Waals surface area contributed by atoms with Crippen molar-refractivity contribution in [1.82, 2.24) is 21.3 Å². The summed E-state index contributed by atoms with van der Waals surface area (Å²) in [6.45, 7) is 3.31. The van der Waals surface area contributed by atoms with Crippen LogP contribution >= 0.6 is 0 Å². The zero-order chi connectivity index (χ0) is 40.6. The van der Waals surface area contributed by atoms with E-state index < -0.39 is 18.2 Å². The first-order chi connectivity index (χ1) is 28.8. The first-order valence-corrected chi connectivity index (χ1v) is 20.2. The lowest BCUT2D eigenvalue weighted by molar-refractivity contribution is -0.136. The minimum Gasteiger partial charge on any atom is -0.491 e. The van der Waals surface area contributed by atoms with Crippen LogP contribution in [0.25, 0.3) is 0 Å². The van der Waals surface area contributed by atoms with Crippen LogP contribution in [-0.4, -0.2) is 111 Å². The van der Waals surface area contributed by atoms with Crippen LogP contribution in [0.2, 0.25) is 0 Å². The summed E-state index contributed by atoms with van der Waals surface area (Å²) in [6, 6.07) is 28.5. The molecule has 4 saturated heterocycles. The smallest absolute Gasteiger partial charge is 0.243 e. The second-order valence-electron chi connectivity index (χ2n) is 15.5. The standard InChI is InChI=1S/C45H50N4O10/c50-33(22-54-34-11-3-29(4-12-34)18-40-43(51)47-32(21-46-40)17-28-1-9-36(10-2-28)56-24-38-26-58-38)23-55-35-13-5-30(6-14-35)19-41-44(52)49-42(45(53)48-41)20-31-7-15-37(16-8-31)57-25-39-27-59-39/h1-16,32-33,38-42,46,50H,17-27H2,(H,47,51)(H,48,53)(H,49,52). The first-order valence-electron chi connectivity index (χ1n) is 20.2.